The maximum absolute atomic E-state index is 13.1. The van der Waals surface area contributed by atoms with E-state index in [9.17, 15) is 14.7 Å². The molecule has 36 heavy (non-hydrogen) atoms. The van der Waals surface area contributed by atoms with Gasteiger partial charge in [0.25, 0.3) is 0 Å². The summed E-state index contributed by atoms with van der Waals surface area (Å²) >= 11 is 0. The molecule has 0 saturated carbocycles. The fourth-order valence-electron chi connectivity index (χ4n) is 3.98. The minimum Gasteiger partial charge on any atom is -0.506 e. The number of aromatic hydroxyl groups is 1. The Morgan fingerprint density at radius 1 is 0.667 bits per heavy atom. The molecule has 0 aliphatic rings. The van der Waals surface area contributed by atoms with Gasteiger partial charge in [-0.15, -0.1) is 0 Å². The fraction of sp³-hybridized carbons (Fsp3) is 0.280. The summed E-state index contributed by atoms with van der Waals surface area (Å²) in [6.45, 7) is 0. The molecule has 10 nitrogen and oxygen atoms in total. The normalized spacial score (nSPS) is 10.2. The fourth-order valence-corrected chi connectivity index (χ4v) is 3.98. The van der Waals surface area contributed by atoms with Crippen molar-refractivity contribution in [3.8, 4) is 45.6 Å². The number of carbonyl (C=O) groups excluding carboxylic acids is 2. The van der Waals surface area contributed by atoms with E-state index >= 15 is 0 Å². The molecule has 3 aromatic rings. The van der Waals surface area contributed by atoms with Crippen molar-refractivity contribution in [1.82, 2.24) is 0 Å². The van der Waals surface area contributed by atoms with Crippen molar-refractivity contribution in [3.05, 3.63) is 35.4 Å². The smallest absolute Gasteiger partial charge is 0.342 e. The number of hydrogen-bond acceptors (Lipinski definition) is 10. The molecule has 0 unspecified atom stereocenters. The van der Waals surface area contributed by atoms with Crippen LogP contribution in [0.15, 0.2) is 24.3 Å². The molecule has 0 aliphatic carbocycles. The number of rotatable bonds is 8. The second-order valence-corrected chi connectivity index (χ2v) is 7.09. The number of esters is 2. The molecule has 187 valence electrons. The van der Waals surface area contributed by atoms with E-state index in [2.05, 4.69) is 0 Å². The molecule has 11 heteroatoms. The zero-order valence-electron chi connectivity index (χ0n) is 21.4. The number of hydrogen-bond donors (Lipinski definition) is 1. The van der Waals surface area contributed by atoms with Gasteiger partial charge in [0, 0.05) is 45.9 Å². The van der Waals surface area contributed by atoms with E-state index < -0.39 is 17.7 Å². The van der Waals surface area contributed by atoms with E-state index in [4.69, 9.17) is 33.2 Å². The van der Waals surface area contributed by atoms with Crippen LogP contribution in [0.3, 0.4) is 0 Å². The number of methoxy groups -OCH3 is 7. The zero-order valence-corrected chi connectivity index (χ0v) is 23.4. The minimum absolute atomic E-state index is 0. The molecule has 3 aromatic carbocycles. The van der Waals surface area contributed by atoms with Crippen molar-refractivity contribution < 1.29 is 47.9 Å². The van der Waals surface area contributed by atoms with Gasteiger partial charge in [0.05, 0.1) is 55.3 Å². The van der Waals surface area contributed by atoms with Crippen molar-refractivity contribution >= 4 is 52.3 Å². The van der Waals surface area contributed by atoms with Gasteiger partial charge >= 0.3 is 11.9 Å². The van der Waals surface area contributed by atoms with Crippen LogP contribution in [0.1, 0.15) is 20.7 Å². The summed E-state index contributed by atoms with van der Waals surface area (Å²) < 4.78 is 37.3. The topological polar surface area (TPSA) is 119 Å². The third-order valence-corrected chi connectivity index (χ3v) is 5.52. The second kappa shape index (κ2) is 12.1. The van der Waals surface area contributed by atoms with Crippen LogP contribution in [0.2, 0.25) is 0 Å². The van der Waals surface area contributed by atoms with Crippen LogP contribution in [0.5, 0.6) is 34.5 Å². The molecule has 3 rings (SSSR count). The maximum atomic E-state index is 13.1. The Labute approximate surface area is 230 Å². The molecule has 0 heterocycles. The van der Waals surface area contributed by atoms with Crippen LogP contribution < -0.4 is 23.7 Å². The molecular formula is C25H26NaO10. The van der Waals surface area contributed by atoms with Gasteiger partial charge < -0.3 is 38.3 Å². The molecule has 0 amide bonds. The molecule has 0 spiro atoms. The second-order valence-electron chi connectivity index (χ2n) is 7.09. The summed E-state index contributed by atoms with van der Waals surface area (Å²) in [6.07, 6.45) is 0. The summed E-state index contributed by atoms with van der Waals surface area (Å²) in [5.74, 6) is -0.944. The summed E-state index contributed by atoms with van der Waals surface area (Å²) in [6, 6.07) is 6.40. The van der Waals surface area contributed by atoms with E-state index in [0.717, 1.165) is 14.2 Å². The number of phenolic OH excluding ortho intramolecular Hbond substituents is 1. The monoisotopic (exact) mass is 509 g/mol. The van der Waals surface area contributed by atoms with E-state index in [0.29, 0.717) is 17.1 Å². The predicted molar refractivity (Wildman–Crippen MR) is 132 cm³/mol. The van der Waals surface area contributed by atoms with Crippen LogP contribution in [-0.2, 0) is 9.47 Å². The molecule has 0 atom stereocenters. The minimum atomic E-state index is -0.944. The Balaban J connectivity index is 0.00000456. The molecule has 0 bridgehead atoms. The Bertz CT molecular complexity index is 1300. The Hall–Kier alpha value is -3.34. The van der Waals surface area contributed by atoms with Crippen molar-refractivity contribution in [2.45, 2.75) is 0 Å². The first-order chi connectivity index (χ1) is 16.8. The average molecular weight is 509 g/mol. The van der Waals surface area contributed by atoms with Crippen LogP contribution in [-0.4, -0.2) is 96.4 Å². The van der Waals surface area contributed by atoms with E-state index in [-0.39, 0.29) is 74.3 Å². The van der Waals surface area contributed by atoms with Crippen LogP contribution in [0.25, 0.3) is 21.9 Å². The standard InChI is InChI=1S/C25H26O10.Na/c1-29-14-9-8-12(10-15(14)30-2)17-18-13(11-16(31-3)22(32-4)23(18)33-5)21(26)20(25(28)35-7)19(17)24(27)34-6;/h8-11,26H,1-7H3;. The van der Waals surface area contributed by atoms with Crippen molar-refractivity contribution in [3.63, 3.8) is 0 Å². The van der Waals surface area contributed by atoms with Gasteiger partial charge in [0.2, 0.25) is 5.75 Å². The maximum Gasteiger partial charge on any atom is 0.342 e. The van der Waals surface area contributed by atoms with E-state index in [1.165, 1.54) is 41.6 Å². The SMILES string of the molecule is COC(=O)c1c(C(=O)OC)c(-c2ccc(OC)c(OC)c2)c2c(OC)c(OC)c(OC)cc2c1O.[Na]. The number of phenols is 1. The third kappa shape index (κ3) is 4.71. The van der Waals surface area contributed by atoms with Gasteiger partial charge in [-0.1, -0.05) is 6.07 Å². The number of ether oxygens (including phenoxy) is 7. The quantitative estimate of drug-likeness (QED) is 0.357. The van der Waals surface area contributed by atoms with Gasteiger partial charge in [0.15, 0.2) is 23.0 Å². The van der Waals surface area contributed by atoms with Gasteiger partial charge in [-0.2, -0.15) is 0 Å². The van der Waals surface area contributed by atoms with Crippen molar-refractivity contribution in [2.24, 2.45) is 0 Å². The van der Waals surface area contributed by atoms with Crippen molar-refractivity contribution in [2.75, 3.05) is 49.8 Å². The molecule has 0 aliphatic heterocycles. The Kier molecular flexibility index (Phi) is 9.69. The molecule has 0 fully saturated rings. The number of fused-ring (bicyclic) bond motifs is 1. The summed E-state index contributed by atoms with van der Waals surface area (Å²) in [5.41, 5.74) is 0.0283. The molecule has 1 radical (unpaired) electrons. The summed E-state index contributed by atoms with van der Waals surface area (Å²) in [5, 5.41) is 11.6. The molecule has 1 N–H and O–H groups in total. The van der Waals surface area contributed by atoms with E-state index in [1.54, 1.807) is 18.2 Å². The van der Waals surface area contributed by atoms with Crippen LogP contribution in [0, 0.1) is 0 Å². The average Bonchev–Trinajstić information content (AvgIpc) is 2.90. The van der Waals surface area contributed by atoms with Gasteiger partial charge in [-0.3, -0.25) is 0 Å². The molecule has 0 saturated heterocycles. The largest absolute Gasteiger partial charge is 0.506 e. The first-order valence-electron chi connectivity index (χ1n) is 10.2. The third-order valence-electron chi connectivity index (χ3n) is 5.52. The molecular weight excluding hydrogens is 483 g/mol. The Morgan fingerprint density at radius 2 is 1.22 bits per heavy atom. The Morgan fingerprint density at radius 3 is 1.72 bits per heavy atom. The van der Waals surface area contributed by atoms with Gasteiger partial charge in [-0.25, -0.2) is 9.59 Å². The first kappa shape index (κ1) is 28.9. The van der Waals surface area contributed by atoms with Gasteiger partial charge in [0.1, 0.15) is 11.3 Å². The number of carbonyl (C=O) groups is 2. The zero-order chi connectivity index (χ0) is 25.9. The predicted octanol–water partition coefficient (Wildman–Crippen LogP) is 3.45. The molecule has 0 aromatic heterocycles. The summed E-state index contributed by atoms with van der Waals surface area (Å²) in [7, 11) is 9.49. The van der Waals surface area contributed by atoms with Crippen LogP contribution >= 0.6 is 0 Å². The summed E-state index contributed by atoms with van der Waals surface area (Å²) in [4.78, 5) is 25.9. The number of benzene rings is 3. The van der Waals surface area contributed by atoms with Gasteiger partial charge in [-0.05, 0) is 23.8 Å². The van der Waals surface area contributed by atoms with Crippen molar-refractivity contribution in [1.29, 1.82) is 0 Å². The first-order valence-corrected chi connectivity index (χ1v) is 10.2. The van der Waals surface area contributed by atoms with Crippen LogP contribution in [0.4, 0.5) is 0 Å². The van der Waals surface area contributed by atoms with E-state index in [1.807, 2.05) is 0 Å².